The third kappa shape index (κ3) is 3.68. The van der Waals surface area contributed by atoms with Crippen molar-refractivity contribution in [3.05, 3.63) is 53.5 Å². The molecule has 0 aliphatic carbocycles. The fourth-order valence-corrected chi connectivity index (χ4v) is 1.74. The van der Waals surface area contributed by atoms with Gasteiger partial charge in [0.15, 0.2) is 0 Å². The third-order valence-electron chi connectivity index (χ3n) is 2.75. The van der Waals surface area contributed by atoms with Crippen molar-refractivity contribution in [3.63, 3.8) is 0 Å². The van der Waals surface area contributed by atoms with E-state index < -0.39 is 0 Å². The van der Waals surface area contributed by atoms with E-state index >= 15 is 0 Å². The summed E-state index contributed by atoms with van der Waals surface area (Å²) in [6, 6.07) is 8.83. The first-order valence-electron chi connectivity index (χ1n) is 6.27. The van der Waals surface area contributed by atoms with Crippen LogP contribution in [0.15, 0.2) is 36.5 Å². The van der Waals surface area contributed by atoms with Crippen LogP contribution >= 0.6 is 0 Å². The number of nitrogens with zero attached hydrogens (tertiary/aromatic N) is 1. The first kappa shape index (κ1) is 13.3. The molecule has 2 aromatic rings. The minimum Gasteiger partial charge on any atom is -0.478 e. The van der Waals surface area contributed by atoms with Crippen LogP contribution in [-0.2, 0) is 6.54 Å². The standard InChI is InChI=1S/C15H17FN2O/c1-3-19-15-7-5-13(10-18-15)17-9-12-4-6-14(16)11(2)8-12/h4-8,10,17H,3,9H2,1-2H3. The smallest absolute Gasteiger partial charge is 0.213 e. The molecular weight excluding hydrogens is 243 g/mol. The summed E-state index contributed by atoms with van der Waals surface area (Å²) >= 11 is 0. The molecule has 0 fully saturated rings. The molecule has 4 heteroatoms. The van der Waals surface area contributed by atoms with Crippen LogP contribution in [0.4, 0.5) is 10.1 Å². The number of aromatic nitrogens is 1. The Kier molecular flexibility index (Phi) is 4.34. The molecule has 0 unspecified atom stereocenters. The molecule has 19 heavy (non-hydrogen) atoms. The molecular formula is C15H17FN2O. The van der Waals surface area contributed by atoms with Gasteiger partial charge in [0.05, 0.1) is 18.5 Å². The Morgan fingerprint density at radius 2 is 2.11 bits per heavy atom. The fourth-order valence-electron chi connectivity index (χ4n) is 1.74. The van der Waals surface area contributed by atoms with Crippen LogP contribution in [0.2, 0.25) is 0 Å². The molecule has 1 N–H and O–H groups in total. The first-order valence-corrected chi connectivity index (χ1v) is 6.27. The highest BCUT2D eigenvalue weighted by atomic mass is 19.1. The topological polar surface area (TPSA) is 34.1 Å². The summed E-state index contributed by atoms with van der Waals surface area (Å²) in [5.74, 6) is 0.442. The van der Waals surface area contributed by atoms with Crippen LogP contribution in [0.1, 0.15) is 18.1 Å². The lowest BCUT2D eigenvalue weighted by atomic mass is 10.1. The van der Waals surface area contributed by atoms with E-state index in [4.69, 9.17) is 4.74 Å². The molecule has 0 bridgehead atoms. The van der Waals surface area contributed by atoms with Gasteiger partial charge in [-0.1, -0.05) is 12.1 Å². The number of anilines is 1. The Morgan fingerprint density at radius 1 is 1.26 bits per heavy atom. The van der Waals surface area contributed by atoms with Gasteiger partial charge in [-0.05, 0) is 37.1 Å². The summed E-state index contributed by atoms with van der Waals surface area (Å²) < 4.78 is 18.4. The van der Waals surface area contributed by atoms with E-state index in [-0.39, 0.29) is 5.82 Å². The lowest BCUT2D eigenvalue weighted by molar-refractivity contribution is 0.327. The van der Waals surface area contributed by atoms with Gasteiger partial charge in [0.25, 0.3) is 0 Å². The zero-order chi connectivity index (χ0) is 13.7. The van der Waals surface area contributed by atoms with Crippen molar-refractivity contribution < 1.29 is 9.13 Å². The van der Waals surface area contributed by atoms with Crippen molar-refractivity contribution in [1.82, 2.24) is 4.98 Å². The lowest BCUT2D eigenvalue weighted by Gasteiger charge is -2.08. The van der Waals surface area contributed by atoms with Crippen LogP contribution in [0.25, 0.3) is 0 Å². The zero-order valence-corrected chi connectivity index (χ0v) is 11.1. The van der Waals surface area contributed by atoms with Gasteiger partial charge in [0.1, 0.15) is 5.82 Å². The molecule has 0 radical (unpaired) electrons. The molecule has 0 saturated carbocycles. The molecule has 0 atom stereocenters. The number of nitrogens with one attached hydrogen (secondary N) is 1. The first-order chi connectivity index (χ1) is 9.19. The second-order valence-electron chi connectivity index (χ2n) is 4.26. The number of hydrogen-bond donors (Lipinski definition) is 1. The quantitative estimate of drug-likeness (QED) is 0.892. The van der Waals surface area contributed by atoms with Gasteiger partial charge in [0.2, 0.25) is 5.88 Å². The summed E-state index contributed by atoms with van der Waals surface area (Å²) in [7, 11) is 0. The van der Waals surface area contributed by atoms with Crippen LogP contribution in [0, 0.1) is 12.7 Å². The SMILES string of the molecule is CCOc1ccc(NCc2ccc(F)c(C)c2)cn1. The van der Waals surface area contributed by atoms with Crippen molar-refractivity contribution in [1.29, 1.82) is 0 Å². The van der Waals surface area contributed by atoms with Crippen LogP contribution in [-0.4, -0.2) is 11.6 Å². The maximum atomic E-state index is 13.1. The summed E-state index contributed by atoms with van der Waals surface area (Å²) in [6.45, 7) is 4.92. The Balaban J connectivity index is 1.96. The van der Waals surface area contributed by atoms with Crippen molar-refractivity contribution in [2.24, 2.45) is 0 Å². The summed E-state index contributed by atoms with van der Waals surface area (Å²) in [5, 5.41) is 3.24. The number of pyridine rings is 1. The van der Waals surface area contributed by atoms with E-state index in [0.29, 0.717) is 24.6 Å². The Bertz CT molecular complexity index is 540. The van der Waals surface area contributed by atoms with Gasteiger partial charge in [-0.25, -0.2) is 9.37 Å². The van der Waals surface area contributed by atoms with E-state index in [2.05, 4.69) is 10.3 Å². The van der Waals surface area contributed by atoms with Gasteiger partial charge in [-0.15, -0.1) is 0 Å². The fraction of sp³-hybridized carbons (Fsp3) is 0.267. The number of halogens is 1. The number of benzene rings is 1. The summed E-state index contributed by atoms with van der Waals surface area (Å²) in [4.78, 5) is 4.17. The molecule has 0 aliphatic heterocycles. The van der Waals surface area contributed by atoms with Gasteiger partial charge in [-0.2, -0.15) is 0 Å². The monoisotopic (exact) mass is 260 g/mol. The highest BCUT2D eigenvalue weighted by molar-refractivity contribution is 5.43. The average Bonchev–Trinajstić information content (AvgIpc) is 2.42. The van der Waals surface area contributed by atoms with Gasteiger partial charge in [0, 0.05) is 12.6 Å². The zero-order valence-electron chi connectivity index (χ0n) is 11.1. The minimum atomic E-state index is -0.175. The predicted molar refractivity (Wildman–Crippen MR) is 73.9 cm³/mol. The van der Waals surface area contributed by atoms with Crippen LogP contribution in [0.5, 0.6) is 5.88 Å². The van der Waals surface area contributed by atoms with Gasteiger partial charge >= 0.3 is 0 Å². The maximum absolute atomic E-state index is 13.1. The average molecular weight is 260 g/mol. The van der Waals surface area contributed by atoms with E-state index in [1.54, 1.807) is 19.2 Å². The van der Waals surface area contributed by atoms with E-state index in [1.807, 2.05) is 25.1 Å². The summed E-state index contributed by atoms with van der Waals surface area (Å²) in [5.41, 5.74) is 2.60. The number of ether oxygens (including phenoxy) is 1. The molecule has 0 spiro atoms. The molecule has 0 amide bonds. The second-order valence-corrected chi connectivity index (χ2v) is 4.26. The number of hydrogen-bond acceptors (Lipinski definition) is 3. The summed E-state index contributed by atoms with van der Waals surface area (Å²) in [6.07, 6.45) is 1.72. The molecule has 1 heterocycles. The van der Waals surface area contributed by atoms with Crippen molar-refractivity contribution in [2.75, 3.05) is 11.9 Å². The minimum absolute atomic E-state index is 0.175. The molecule has 2 rings (SSSR count). The Labute approximate surface area is 112 Å². The lowest BCUT2D eigenvalue weighted by Crippen LogP contribution is -2.01. The Hall–Kier alpha value is -2.10. The molecule has 100 valence electrons. The highest BCUT2D eigenvalue weighted by Crippen LogP contribution is 2.14. The van der Waals surface area contributed by atoms with E-state index in [1.165, 1.54) is 6.07 Å². The largest absolute Gasteiger partial charge is 0.478 e. The Morgan fingerprint density at radius 3 is 2.74 bits per heavy atom. The molecule has 1 aromatic carbocycles. The highest BCUT2D eigenvalue weighted by Gasteiger charge is 2.00. The van der Waals surface area contributed by atoms with Crippen molar-refractivity contribution in [2.45, 2.75) is 20.4 Å². The predicted octanol–water partition coefficient (Wildman–Crippen LogP) is 3.54. The second kappa shape index (κ2) is 6.18. The van der Waals surface area contributed by atoms with Gasteiger partial charge < -0.3 is 10.1 Å². The number of rotatable bonds is 5. The van der Waals surface area contributed by atoms with Gasteiger partial charge in [-0.3, -0.25) is 0 Å². The molecule has 0 saturated heterocycles. The molecule has 3 nitrogen and oxygen atoms in total. The van der Waals surface area contributed by atoms with Crippen LogP contribution < -0.4 is 10.1 Å². The third-order valence-corrected chi connectivity index (χ3v) is 2.75. The van der Waals surface area contributed by atoms with E-state index in [9.17, 15) is 4.39 Å². The molecule has 1 aromatic heterocycles. The molecule has 0 aliphatic rings. The van der Waals surface area contributed by atoms with Crippen molar-refractivity contribution in [3.8, 4) is 5.88 Å². The van der Waals surface area contributed by atoms with Crippen molar-refractivity contribution >= 4 is 5.69 Å². The van der Waals surface area contributed by atoms with E-state index in [0.717, 1.165) is 11.3 Å². The number of aryl methyl sites for hydroxylation is 1. The normalized spacial score (nSPS) is 10.3. The van der Waals surface area contributed by atoms with Crippen LogP contribution in [0.3, 0.4) is 0 Å². The maximum Gasteiger partial charge on any atom is 0.213 e.